The molecule has 6 N–H and O–H groups in total. The number of para-hydroxylation sites is 2. The maximum absolute atomic E-state index is 13.3. The van der Waals surface area contributed by atoms with Gasteiger partial charge in [0, 0.05) is 23.7 Å². The predicted molar refractivity (Wildman–Crippen MR) is 183 cm³/mol. The van der Waals surface area contributed by atoms with Crippen LogP contribution in [0.5, 0.6) is 11.5 Å². The Morgan fingerprint density at radius 3 is 2.41 bits per heavy atom. The van der Waals surface area contributed by atoms with E-state index in [9.17, 15) is 13.2 Å². The lowest BCUT2D eigenvalue weighted by atomic mass is 10.2. The Bertz CT molecular complexity index is 2010. The molecule has 288 valence electrons. The molecule has 0 aliphatic carbocycles. The number of H-pyrrole nitrogens is 1. The van der Waals surface area contributed by atoms with E-state index in [2.05, 4.69) is 51.7 Å². The third-order valence-corrected chi connectivity index (χ3v) is 7.67. The zero-order valence-corrected chi connectivity index (χ0v) is 29.6. The van der Waals surface area contributed by atoms with Gasteiger partial charge in [-0.1, -0.05) is 24.8 Å². The summed E-state index contributed by atoms with van der Waals surface area (Å²) in [5, 5.41) is 32.8. The lowest BCUT2D eigenvalue weighted by molar-refractivity contribution is -0.493. The second kappa shape index (κ2) is 20.1. The maximum atomic E-state index is 13.3. The molecule has 23 heteroatoms. The van der Waals surface area contributed by atoms with Crippen LogP contribution in [-0.2, 0) is 33.8 Å². The first-order chi connectivity index (χ1) is 26.0. The number of benzene rings is 1. The van der Waals surface area contributed by atoms with Gasteiger partial charge in [-0.25, -0.2) is 14.6 Å². The first-order valence-corrected chi connectivity index (χ1v) is 17.0. The van der Waals surface area contributed by atoms with Gasteiger partial charge in [0.2, 0.25) is 17.5 Å². The van der Waals surface area contributed by atoms with E-state index in [1.807, 2.05) is 0 Å². The van der Waals surface area contributed by atoms with Gasteiger partial charge in [-0.2, -0.15) is 13.6 Å². The number of carbonyl (C=O) groups excluding carboxylic acids is 1. The highest BCUT2D eigenvalue weighted by Gasteiger charge is 2.24. The van der Waals surface area contributed by atoms with E-state index >= 15 is 0 Å². The summed E-state index contributed by atoms with van der Waals surface area (Å²) in [6.45, 7) is 4.63. The Morgan fingerprint density at radius 2 is 1.72 bits per heavy atom. The maximum Gasteiger partial charge on any atom is 0.508 e. The summed E-state index contributed by atoms with van der Waals surface area (Å²) in [4.78, 5) is 24.7. The number of tetrazole rings is 1. The fourth-order valence-corrected chi connectivity index (χ4v) is 4.87. The number of ether oxygens (including phenoxy) is 6. The Labute approximate surface area is 307 Å². The molecule has 1 aromatic carbocycles. The van der Waals surface area contributed by atoms with E-state index in [1.165, 1.54) is 31.6 Å². The minimum absolute atomic E-state index is 0.0241. The molecule has 54 heavy (non-hydrogen) atoms. The van der Waals surface area contributed by atoms with Gasteiger partial charge in [0.25, 0.3) is 0 Å². The number of nitrogens with zero attached hydrogens (tertiary/aromatic N) is 7. The van der Waals surface area contributed by atoms with Crippen molar-refractivity contribution in [3.05, 3.63) is 90.3 Å². The number of methoxy groups -OCH3 is 1. The Morgan fingerprint density at radius 1 is 1.00 bits per heavy atom. The highest BCUT2D eigenvalue weighted by Crippen LogP contribution is 2.29. The molecule has 0 bridgehead atoms. The summed E-state index contributed by atoms with van der Waals surface area (Å²) in [6.07, 6.45) is 1.76. The molecular formula is C31H36N10O12S. The molecule has 4 aromatic rings. The highest BCUT2D eigenvalue weighted by atomic mass is 32.2. The number of aromatic nitrogens is 6. The minimum Gasteiger partial charge on any atom is -0.493 e. The van der Waals surface area contributed by atoms with Crippen LogP contribution in [0.3, 0.4) is 0 Å². The molecule has 0 spiro atoms. The van der Waals surface area contributed by atoms with Crippen LogP contribution < -0.4 is 20.5 Å². The minimum atomic E-state index is -4.49. The quantitative estimate of drug-likeness (QED) is 0.0201. The van der Waals surface area contributed by atoms with Crippen LogP contribution in [0.4, 0.5) is 4.79 Å². The van der Waals surface area contributed by atoms with Crippen molar-refractivity contribution in [1.29, 1.82) is 0 Å². The number of hydrogen-bond acceptors (Lipinski definition) is 19. The molecule has 0 aliphatic heterocycles. The monoisotopic (exact) mass is 772 g/mol. The second-order valence-electron chi connectivity index (χ2n) is 10.3. The SMILES string of the molecule is C=C(NC(OCCOC(=O)OCCOCCON(O)O)=C(Oc1ccccc1OC)C(N)=NS(=O)(=O)c1ccc(C)cn1)c1ccnc(-c2nn[nH]n2)c1. The molecule has 0 radical (unpaired) electrons. The molecule has 0 amide bonds. The number of nitrogens with two attached hydrogens (primary N) is 1. The summed E-state index contributed by atoms with van der Waals surface area (Å²) in [6, 6.07) is 12.4. The molecule has 0 saturated carbocycles. The summed E-state index contributed by atoms with van der Waals surface area (Å²) in [5.41, 5.74) is 8.04. The van der Waals surface area contributed by atoms with Crippen molar-refractivity contribution < 1.29 is 56.9 Å². The Kier molecular flexibility index (Phi) is 15.1. The summed E-state index contributed by atoms with van der Waals surface area (Å²) in [7, 11) is -3.09. The number of aromatic amines is 1. The van der Waals surface area contributed by atoms with Gasteiger partial charge in [0.15, 0.2) is 22.4 Å². The van der Waals surface area contributed by atoms with Crippen LogP contribution in [0.25, 0.3) is 17.2 Å². The van der Waals surface area contributed by atoms with Crippen molar-refractivity contribution >= 4 is 27.7 Å². The zero-order chi connectivity index (χ0) is 38.9. The number of nitrogens with one attached hydrogen (secondary N) is 2. The molecule has 3 heterocycles. The third-order valence-electron chi connectivity index (χ3n) is 6.47. The number of carbonyl (C=O) groups is 1. The van der Waals surface area contributed by atoms with Crippen molar-refractivity contribution in [2.24, 2.45) is 10.1 Å². The highest BCUT2D eigenvalue weighted by molar-refractivity contribution is 7.90. The van der Waals surface area contributed by atoms with Crippen LogP contribution in [0.15, 0.2) is 88.6 Å². The van der Waals surface area contributed by atoms with Crippen molar-refractivity contribution in [1.82, 2.24) is 41.3 Å². The first kappa shape index (κ1) is 40.5. The van der Waals surface area contributed by atoms with E-state index in [1.54, 1.807) is 43.3 Å². The van der Waals surface area contributed by atoms with Crippen LogP contribution >= 0.6 is 0 Å². The normalized spacial score (nSPS) is 12.1. The number of pyridine rings is 2. The van der Waals surface area contributed by atoms with Gasteiger partial charge in [-0.3, -0.25) is 15.4 Å². The molecule has 0 aliphatic rings. The lowest BCUT2D eigenvalue weighted by Gasteiger charge is -2.20. The average molecular weight is 773 g/mol. The van der Waals surface area contributed by atoms with E-state index in [0.717, 1.165) is 0 Å². The molecule has 4 rings (SSSR count). The summed E-state index contributed by atoms with van der Waals surface area (Å²) >= 11 is 0. The fourth-order valence-electron chi connectivity index (χ4n) is 4.01. The van der Waals surface area contributed by atoms with Crippen LogP contribution in [0.1, 0.15) is 11.1 Å². The smallest absolute Gasteiger partial charge is 0.493 e. The van der Waals surface area contributed by atoms with Crippen molar-refractivity contribution in [2.75, 3.05) is 46.8 Å². The second-order valence-corrected chi connectivity index (χ2v) is 11.8. The van der Waals surface area contributed by atoms with Crippen LogP contribution in [0.2, 0.25) is 0 Å². The zero-order valence-electron chi connectivity index (χ0n) is 28.8. The van der Waals surface area contributed by atoms with E-state index in [-0.39, 0.29) is 73.6 Å². The fraction of sp³-hybridized carbons (Fsp3) is 0.258. The predicted octanol–water partition coefficient (Wildman–Crippen LogP) is 1.73. The number of hydrogen-bond donors (Lipinski definition) is 5. The molecular weight excluding hydrogens is 736 g/mol. The number of aryl methyl sites for hydroxylation is 1. The molecule has 0 atom stereocenters. The molecule has 3 aromatic heterocycles. The van der Waals surface area contributed by atoms with Gasteiger partial charge in [-0.05, 0) is 48.0 Å². The van der Waals surface area contributed by atoms with E-state index in [4.69, 9.17) is 44.6 Å². The molecule has 0 fully saturated rings. The van der Waals surface area contributed by atoms with Crippen molar-refractivity contribution in [3.63, 3.8) is 0 Å². The van der Waals surface area contributed by atoms with Gasteiger partial charge in [0.05, 0.1) is 32.3 Å². The van der Waals surface area contributed by atoms with Crippen molar-refractivity contribution in [2.45, 2.75) is 11.9 Å². The van der Waals surface area contributed by atoms with Gasteiger partial charge in [-0.15, -0.1) is 14.6 Å². The summed E-state index contributed by atoms with van der Waals surface area (Å²) < 4.78 is 63.0. The van der Waals surface area contributed by atoms with Crippen LogP contribution in [0, 0.1) is 6.92 Å². The summed E-state index contributed by atoms with van der Waals surface area (Å²) in [5.74, 6) is -0.875. The van der Waals surface area contributed by atoms with E-state index in [0.29, 0.717) is 16.8 Å². The molecule has 22 nitrogen and oxygen atoms in total. The van der Waals surface area contributed by atoms with Gasteiger partial charge in [0.1, 0.15) is 25.5 Å². The van der Waals surface area contributed by atoms with Gasteiger partial charge >= 0.3 is 16.2 Å². The topological polar surface area (TPSA) is 290 Å². The Balaban J connectivity index is 1.62. The third kappa shape index (κ3) is 12.5. The first-order valence-electron chi connectivity index (χ1n) is 15.5. The molecule has 0 unspecified atom stereocenters. The largest absolute Gasteiger partial charge is 0.508 e. The van der Waals surface area contributed by atoms with Crippen molar-refractivity contribution in [3.8, 4) is 23.0 Å². The van der Waals surface area contributed by atoms with Gasteiger partial charge < -0.3 is 39.5 Å². The molecule has 0 saturated heterocycles. The standard InChI is InChI=1S/C31H36N10O12S/c1-20-8-9-26(34-19-20)54(45,46)38-28(32)27(53-25-7-5-4-6-24(25)47-3)30(35-21(2)22-10-11-33-23(18-22)29-36-39-40-37-29)49-15-16-51-31(42)50-14-12-48-13-17-52-41(43)44/h4-11,18-19,35,43-44H,2,12-17H2,1,3H3,(H2,32,38)(H,36,37,39,40). The van der Waals surface area contributed by atoms with E-state index < -0.39 is 33.2 Å². The lowest BCUT2D eigenvalue weighted by Crippen LogP contribution is -2.29. The van der Waals surface area contributed by atoms with Crippen LogP contribution in [-0.4, -0.2) is 114 Å². The Hall–Kier alpha value is -6.24. The average Bonchev–Trinajstić information content (AvgIpc) is 3.70. The number of sulfonamides is 1. The number of amidine groups is 1. The number of rotatable bonds is 21.